The minimum Gasteiger partial charge on any atom is -0.348 e. The molecule has 1 aromatic carbocycles. The normalized spacial score (nSPS) is 13.5. The highest BCUT2D eigenvalue weighted by Gasteiger charge is 2.16. The fraction of sp³-hybridized carbons (Fsp3) is 0.250. The predicted octanol–water partition coefficient (Wildman–Crippen LogP) is 1.83. The third-order valence-electron chi connectivity index (χ3n) is 3.18. The maximum atomic E-state index is 12.1. The van der Waals surface area contributed by atoms with E-state index in [1.54, 1.807) is 12.4 Å². The second-order valence-electron chi connectivity index (χ2n) is 4.81. The van der Waals surface area contributed by atoms with Crippen LogP contribution in [0, 0.1) is 0 Å². The monoisotopic (exact) mass is 269 g/mol. The number of nitrogens with two attached hydrogens (primary N) is 1. The molecule has 0 spiro atoms. The van der Waals surface area contributed by atoms with Crippen LogP contribution in [0.4, 0.5) is 0 Å². The molecule has 2 aromatic rings. The molecule has 4 heteroatoms. The van der Waals surface area contributed by atoms with Gasteiger partial charge in [0.2, 0.25) is 5.91 Å². The molecule has 3 N–H and O–H groups in total. The van der Waals surface area contributed by atoms with E-state index in [1.165, 1.54) is 0 Å². The summed E-state index contributed by atoms with van der Waals surface area (Å²) in [5.41, 5.74) is 7.97. The van der Waals surface area contributed by atoms with Gasteiger partial charge in [0.25, 0.3) is 0 Å². The molecule has 0 aliphatic rings. The van der Waals surface area contributed by atoms with Gasteiger partial charge in [0.15, 0.2) is 0 Å². The average Bonchev–Trinajstić information content (AvgIpc) is 2.49. The lowest BCUT2D eigenvalue weighted by Gasteiger charge is -2.17. The molecule has 1 amide bonds. The van der Waals surface area contributed by atoms with Gasteiger partial charge in [-0.05, 0) is 30.5 Å². The number of rotatable bonds is 5. The zero-order chi connectivity index (χ0) is 14.4. The molecule has 0 aliphatic carbocycles. The molecular formula is C16H19N3O. The van der Waals surface area contributed by atoms with Crippen molar-refractivity contribution in [3.63, 3.8) is 0 Å². The van der Waals surface area contributed by atoms with Crippen molar-refractivity contribution in [1.82, 2.24) is 10.3 Å². The SMILES string of the molecule is CC(NC(=O)[C@@H](N)Cc1ccccc1)c1cccnc1. The Morgan fingerprint density at radius 3 is 2.65 bits per heavy atom. The van der Waals surface area contributed by atoms with Gasteiger partial charge in [0.05, 0.1) is 12.1 Å². The third kappa shape index (κ3) is 3.90. The van der Waals surface area contributed by atoms with Gasteiger partial charge in [-0.1, -0.05) is 36.4 Å². The van der Waals surface area contributed by atoms with Crippen molar-refractivity contribution in [2.75, 3.05) is 0 Å². The first kappa shape index (κ1) is 14.2. The Labute approximate surface area is 119 Å². The number of carbonyl (C=O) groups excluding carboxylic acids is 1. The zero-order valence-electron chi connectivity index (χ0n) is 11.5. The Bertz CT molecular complexity index is 542. The van der Waals surface area contributed by atoms with Crippen molar-refractivity contribution in [3.8, 4) is 0 Å². The first-order chi connectivity index (χ1) is 9.66. The lowest BCUT2D eigenvalue weighted by Crippen LogP contribution is -2.42. The van der Waals surface area contributed by atoms with E-state index in [9.17, 15) is 4.79 Å². The molecule has 0 bridgehead atoms. The molecule has 20 heavy (non-hydrogen) atoms. The van der Waals surface area contributed by atoms with Gasteiger partial charge < -0.3 is 11.1 Å². The summed E-state index contributed by atoms with van der Waals surface area (Å²) >= 11 is 0. The Morgan fingerprint density at radius 2 is 2.00 bits per heavy atom. The van der Waals surface area contributed by atoms with Crippen LogP contribution in [0.25, 0.3) is 0 Å². The van der Waals surface area contributed by atoms with Crippen LogP contribution in [-0.2, 0) is 11.2 Å². The Kier molecular flexibility index (Phi) is 4.85. The van der Waals surface area contributed by atoms with Crippen LogP contribution >= 0.6 is 0 Å². The summed E-state index contributed by atoms with van der Waals surface area (Å²) in [6.07, 6.45) is 3.99. The fourth-order valence-electron chi connectivity index (χ4n) is 2.00. The summed E-state index contributed by atoms with van der Waals surface area (Å²) in [6, 6.07) is 12.9. The van der Waals surface area contributed by atoms with E-state index in [-0.39, 0.29) is 11.9 Å². The first-order valence-corrected chi connectivity index (χ1v) is 6.66. The van der Waals surface area contributed by atoms with Crippen LogP contribution in [0.1, 0.15) is 24.1 Å². The van der Waals surface area contributed by atoms with Crippen molar-refractivity contribution in [3.05, 3.63) is 66.0 Å². The van der Waals surface area contributed by atoms with Gasteiger partial charge in [-0.3, -0.25) is 9.78 Å². The largest absolute Gasteiger partial charge is 0.348 e. The van der Waals surface area contributed by atoms with Gasteiger partial charge in [-0.25, -0.2) is 0 Å². The van der Waals surface area contributed by atoms with Crippen molar-refractivity contribution in [1.29, 1.82) is 0 Å². The molecule has 0 saturated carbocycles. The van der Waals surface area contributed by atoms with Crippen LogP contribution in [0.5, 0.6) is 0 Å². The zero-order valence-corrected chi connectivity index (χ0v) is 11.5. The average molecular weight is 269 g/mol. The van der Waals surface area contributed by atoms with Gasteiger partial charge in [-0.2, -0.15) is 0 Å². The number of pyridine rings is 1. The number of hydrogen-bond acceptors (Lipinski definition) is 3. The summed E-state index contributed by atoms with van der Waals surface area (Å²) < 4.78 is 0. The smallest absolute Gasteiger partial charge is 0.237 e. The fourth-order valence-corrected chi connectivity index (χ4v) is 2.00. The molecule has 2 atom stereocenters. The first-order valence-electron chi connectivity index (χ1n) is 6.66. The summed E-state index contributed by atoms with van der Waals surface area (Å²) in [5.74, 6) is -0.148. The topological polar surface area (TPSA) is 68.0 Å². The Hall–Kier alpha value is -2.20. The van der Waals surface area contributed by atoms with Crippen molar-refractivity contribution in [2.24, 2.45) is 5.73 Å². The van der Waals surface area contributed by atoms with E-state index in [0.717, 1.165) is 11.1 Å². The number of benzene rings is 1. The van der Waals surface area contributed by atoms with Gasteiger partial charge in [0.1, 0.15) is 0 Å². The molecule has 0 aliphatic heterocycles. The van der Waals surface area contributed by atoms with E-state index >= 15 is 0 Å². The Morgan fingerprint density at radius 1 is 1.25 bits per heavy atom. The van der Waals surface area contributed by atoms with Gasteiger partial charge in [-0.15, -0.1) is 0 Å². The van der Waals surface area contributed by atoms with E-state index in [0.29, 0.717) is 6.42 Å². The maximum absolute atomic E-state index is 12.1. The lowest BCUT2D eigenvalue weighted by molar-refractivity contribution is -0.123. The summed E-state index contributed by atoms with van der Waals surface area (Å²) in [5, 5.41) is 2.91. The number of aromatic nitrogens is 1. The molecule has 0 radical (unpaired) electrons. The second kappa shape index (κ2) is 6.82. The van der Waals surface area contributed by atoms with Crippen LogP contribution in [0.3, 0.4) is 0 Å². The van der Waals surface area contributed by atoms with E-state index in [2.05, 4.69) is 10.3 Å². The highest BCUT2D eigenvalue weighted by molar-refractivity contribution is 5.82. The summed E-state index contributed by atoms with van der Waals surface area (Å²) in [4.78, 5) is 16.1. The predicted molar refractivity (Wildman–Crippen MR) is 78.9 cm³/mol. The van der Waals surface area contributed by atoms with Gasteiger partial charge >= 0.3 is 0 Å². The van der Waals surface area contributed by atoms with Crippen molar-refractivity contribution >= 4 is 5.91 Å². The molecule has 104 valence electrons. The number of amides is 1. The van der Waals surface area contributed by atoms with Crippen LogP contribution in [0.15, 0.2) is 54.9 Å². The highest BCUT2D eigenvalue weighted by Crippen LogP contribution is 2.10. The minimum atomic E-state index is -0.545. The maximum Gasteiger partial charge on any atom is 0.237 e. The number of nitrogens with zero attached hydrogens (tertiary/aromatic N) is 1. The molecule has 4 nitrogen and oxygen atoms in total. The van der Waals surface area contributed by atoms with Crippen molar-refractivity contribution in [2.45, 2.75) is 25.4 Å². The molecule has 2 rings (SSSR count). The van der Waals surface area contributed by atoms with E-state index in [4.69, 9.17) is 5.73 Å². The quantitative estimate of drug-likeness (QED) is 0.870. The highest BCUT2D eigenvalue weighted by atomic mass is 16.2. The van der Waals surface area contributed by atoms with Crippen molar-refractivity contribution < 1.29 is 4.79 Å². The number of carbonyl (C=O) groups is 1. The number of hydrogen-bond donors (Lipinski definition) is 2. The van der Waals surface area contributed by atoms with Crippen LogP contribution < -0.4 is 11.1 Å². The molecular weight excluding hydrogens is 250 g/mol. The molecule has 0 fully saturated rings. The van der Waals surface area contributed by atoms with Gasteiger partial charge in [0, 0.05) is 12.4 Å². The van der Waals surface area contributed by atoms with E-state index in [1.807, 2.05) is 49.4 Å². The molecule has 1 aromatic heterocycles. The Balaban J connectivity index is 1.91. The van der Waals surface area contributed by atoms with Crippen LogP contribution in [0.2, 0.25) is 0 Å². The second-order valence-corrected chi connectivity index (χ2v) is 4.81. The van der Waals surface area contributed by atoms with E-state index < -0.39 is 6.04 Å². The summed E-state index contributed by atoms with van der Waals surface area (Å²) in [6.45, 7) is 1.92. The lowest BCUT2D eigenvalue weighted by atomic mass is 10.1. The molecule has 1 unspecified atom stereocenters. The standard InChI is InChI=1S/C16H19N3O/c1-12(14-8-5-9-18-11-14)19-16(20)15(17)10-13-6-3-2-4-7-13/h2-9,11-12,15H,10,17H2,1H3,(H,19,20)/t12?,15-/m0/s1. The molecule has 0 saturated heterocycles. The third-order valence-corrected chi connectivity index (χ3v) is 3.18. The summed E-state index contributed by atoms with van der Waals surface area (Å²) in [7, 11) is 0. The van der Waals surface area contributed by atoms with Crippen LogP contribution in [-0.4, -0.2) is 16.9 Å². The molecule has 1 heterocycles. The minimum absolute atomic E-state index is 0.0991. The number of nitrogens with one attached hydrogen (secondary N) is 1.